The van der Waals surface area contributed by atoms with E-state index in [1.54, 1.807) is 24.3 Å². The Bertz CT molecular complexity index is 613. The maximum atomic E-state index is 12.0. The molecule has 1 aliphatic carbocycles. The van der Waals surface area contributed by atoms with Gasteiger partial charge in [0.2, 0.25) is 5.91 Å². The molecule has 21 heavy (non-hydrogen) atoms. The number of nitrogens with two attached hydrogens (primary N) is 1. The minimum Gasteiger partial charge on any atom is -0.327 e. The maximum absolute atomic E-state index is 12.0. The van der Waals surface area contributed by atoms with Crippen LogP contribution in [-0.2, 0) is 20.4 Å². The molecule has 0 aromatic heterocycles. The van der Waals surface area contributed by atoms with E-state index < -0.39 is 9.84 Å². The number of hydrogen-bond donors (Lipinski definition) is 2. The topological polar surface area (TPSA) is 89.3 Å². The molecule has 1 aliphatic rings. The summed E-state index contributed by atoms with van der Waals surface area (Å²) in [7, 11) is -3.08. The van der Waals surface area contributed by atoms with Crippen molar-refractivity contribution in [1.29, 1.82) is 0 Å². The Morgan fingerprint density at radius 3 is 2.76 bits per heavy atom. The van der Waals surface area contributed by atoms with Crippen LogP contribution in [0.25, 0.3) is 0 Å². The molecule has 116 valence electrons. The first-order chi connectivity index (χ1) is 9.83. The van der Waals surface area contributed by atoms with Gasteiger partial charge in [-0.2, -0.15) is 0 Å². The van der Waals surface area contributed by atoms with Crippen LogP contribution in [-0.4, -0.2) is 26.6 Å². The predicted molar refractivity (Wildman–Crippen MR) is 83.6 cm³/mol. The van der Waals surface area contributed by atoms with Crippen LogP contribution in [0.3, 0.4) is 0 Å². The van der Waals surface area contributed by atoms with E-state index in [-0.39, 0.29) is 23.6 Å². The Hall–Kier alpha value is -1.40. The normalized spacial score (nSPS) is 22.2. The summed E-state index contributed by atoms with van der Waals surface area (Å²) in [4.78, 5) is 12.0. The van der Waals surface area contributed by atoms with Gasteiger partial charge in [0, 0.05) is 24.4 Å². The van der Waals surface area contributed by atoms with E-state index in [2.05, 4.69) is 5.32 Å². The number of rotatable bonds is 5. The highest BCUT2D eigenvalue weighted by Crippen LogP contribution is 2.27. The van der Waals surface area contributed by atoms with Gasteiger partial charge in [-0.05, 0) is 36.5 Å². The van der Waals surface area contributed by atoms with Crippen molar-refractivity contribution in [2.75, 3.05) is 11.6 Å². The second-order valence-electron chi connectivity index (χ2n) is 5.88. The van der Waals surface area contributed by atoms with Gasteiger partial charge in [0.05, 0.1) is 5.75 Å². The summed E-state index contributed by atoms with van der Waals surface area (Å²) in [6.45, 7) is 0. The Morgan fingerprint density at radius 2 is 2.14 bits per heavy atom. The van der Waals surface area contributed by atoms with Crippen LogP contribution in [0.1, 0.15) is 31.2 Å². The summed E-state index contributed by atoms with van der Waals surface area (Å²) < 4.78 is 22.6. The van der Waals surface area contributed by atoms with Gasteiger partial charge in [-0.15, -0.1) is 0 Å². The lowest BCUT2D eigenvalue weighted by atomic mass is 10.00. The third kappa shape index (κ3) is 5.13. The van der Waals surface area contributed by atoms with Gasteiger partial charge >= 0.3 is 0 Å². The number of sulfone groups is 1. The Balaban J connectivity index is 1.96. The first kappa shape index (κ1) is 16.0. The van der Waals surface area contributed by atoms with E-state index in [0.717, 1.165) is 19.3 Å². The van der Waals surface area contributed by atoms with Crippen molar-refractivity contribution >= 4 is 21.4 Å². The molecule has 1 amide bonds. The lowest BCUT2D eigenvalue weighted by Crippen LogP contribution is -2.28. The fourth-order valence-corrected chi connectivity index (χ4v) is 3.60. The first-order valence-electron chi connectivity index (χ1n) is 7.15. The van der Waals surface area contributed by atoms with Crippen molar-refractivity contribution in [3.05, 3.63) is 29.8 Å². The molecular formula is C15H22N2O3S. The number of carbonyl (C=O) groups is 1. The van der Waals surface area contributed by atoms with Crippen molar-refractivity contribution in [3.8, 4) is 0 Å². The molecule has 1 saturated carbocycles. The van der Waals surface area contributed by atoms with E-state index in [1.807, 2.05) is 0 Å². The van der Waals surface area contributed by atoms with Crippen LogP contribution >= 0.6 is 0 Å². The molecule has 6 heteroatoms. The van der Waals surface area contributed by atoms with E-state index in [1.165, 1.54) is 6.26 Å². The lowest BCUT2D eigenvalue weighted by molar-refractivity contribution is -0.117. The van der Waals surface area contributed by atoms with Crippen LogP contribution in [0.2, 0.25) is 0 Å². The number of carbonyl (C=O) groups excluding carboxylic acids is 1. The highest BCUT2D eigenvalue weighted by molar-refractivity contribution is 7.89. The van der Waals surface area contributed by atoms with Crippen molar-refractivity contribution < 1.29 is 13.2 Å². The van der Waals surface area contributed by atoms with Crippen LogP contribution < -0.4 is 11.1 Å². The molecule has 3 N–H and O–H groups in total. The summed E-state index contributed by atoms with van der Waals surface area (Å²) >= 11 is 0. The van der Waals surface area contributed by atoms with Crippen molar-refractivity contribution in [1.82, 2.24) is 0 Å². The molecule has 0 unspecified atom stereocenters. The first-order valence-corrected chi connectivity index (χ1v) is 9.21. The molecule has 5 nitrogen and oxygen atoms in total. The monoisotopic (exact) mass is 310 g/mol. The van der Waals surface area contributed by atoms with Crippen molar-refractivity contribution in [3.63, 3.8) is 0 Å². The quantitative estimate of drug-likeness (QED) is 0.866. The van der Waals surface area contributed by atoms with Gasteiger partial charge in [0.15, 0.2) is 9.84 Å². The highest BCUT2D eigenvalue weighted by Gasteiger charge is 2.26. The molecule has 2 rings (SSSR count). The molecule has 0 saturated heterocycles. The molecule has 2 atom stereocenters. The third-order valence-electron chi connectivity index (χ3n) is 3.81. The minimum absolute atomic E-state index is 0.0236. The summed E-state index contributed by atoms with van der Waals surface area (Å²) in [5, 5.41) is 2.83. The van der Waals surface area contributed by atoms with E-state index >= 15 is 0 Å². The minimum atomic E-state index is -3.08. The fraction of sp³-hybridized carbons (Fsp3) is 0.533. The summed E-state index contributed by atoms with van der Waals surface area (Å²) in [6, 6.07) is 7.07. The Labute approximate surface area is 125 Å². The lowest BCUT2D eigenvalue weighted by Gasteiger charge is -2.15. The maximum Gasteiger partial charge on any atom is 0.224 e. The number of benzene rings is 1. The molecule has 1 fully saturated rings. The third-order valence-corrected chi connectivity index (χ3v) is 4.66. The number of hydrogen-bond acceptors (Lipinski definition) is 4. The predicted octanol–water partition coefficient (Wildman–Crippen LogP) is 1.69. The summed E-state index contributed by atoms with van der Waals surface area (Å²) in [5.41, 5.74) is 7.27. The van der Waals surface area contributed by atoms with Gasteiger partial charge in [0.25, 0.3) is 0 Å². The molecule has 0 aliphatic heterocycles. The Kier molecular flexibility index (Phi) is 5.00. The molecule has 1 aromatic rings. The molecular weight excluding hydrogens is 288 g/mol. The van der Waals surface area contributed by atoms with Gasteiger partial charge < -0.3 is 11.1 Å². The largest absolute Gasteiger partial charge is 0.327 e. The SMILES string of the molecule is CS(=O)(=O)Cc1cccc(NC(=O)C[C@@H]2CCC[C@H]2N)c1. The number of amides is 1. The number of nitrogens with one attached hydrogen (secondary N) is 1. The summed E-state index contributed by atoms with van der Waals surface area (Å²) in [5.74, 6) is 0.169. The number of anilines is 1. The van der Waals surface area contributed by atoms with Gasteiger partial charge in [0.1, 0.15) is 0 Å². The van der Waals surface area contributed by atoms with Gasteiger partial charge in [-0.3, -0.25) is 4.79 Å². The fourth-order valence-electron chi connectivity index (χ4n) is 2.81. The van der Waals surface area contributed by atoms with E-state index in [4.69, 9.17) is 5.73 Å². The summed E-state index contributed by atoms with van der Waals surface area (Å²) in [6.07, 6.45) is 4.70. The van der Waals surface area contributed by atoms with Crippen LogP contribution in [0.5, 0.6) is 0 Å². The molecule has 0 bridgehead atoms. The average Bonchev–Trinajstić information content (AvgIpc) is 2.73. The zero-order valence-electron chi connectivity index (χ0n) is 12.2. The zero-order valence-corrected chi connectivity index (χ0v) is 13.0. The van der Waals surface area contributed by atoms with Crippen molar-refractivity contribution in [2.24, 2.45) is 11.7 Å². The average molecular weight is 310 g/mol. The molecule has 1 aromatic carbocycles. The van der Waals surface area contributed by atoms with Gasteiger partial charge in [-0.25, -0.2) is 8.42 Å². The van der Waals surface area contributed by atoms with Crippen LogP contribution in [0, 0.1) is 5.92 Å². The molecule has 0 spiro atoms. The second kappa shape index (κ2) is 6.58. The molecule has 0 heterocycles. The Morgan fingerprint density at radius 1 is 1.38 bits per heavy atom. The van der Waals surface area contributed by atoms with Gasteiger partial charge in [-0.1, -0.05) is 18.6 Å². The zero-order chi connectivity index (χ0) is 15.5. The van der Waals surface area contributed by atoms with Crippen LogP contribution in [0.4, 0.5) is 5.69 Å². The molecule has 0 radical (unpaired) electrons. The van der Waals surface area contributed by atoms with E-state index in [0.29, 0.717) is 17.7 Å². The van der Waals surface area contributed by atoms with Crippen molar-refractivity contribution in [2.45, 2.75) is 37.5 Å². The van der Waals surface area contributed by atoms with E-state index in [9.17, 15) is 13.2 Å². The smallest absolute Gasteiger partial charge is 0.224 e. The standard InChI is InChI=1S/C15H22N2O3S/c1-21(19,20)10-11-4-2-6-13(8-11)17-15(18)9-12-5-3-7-14(12)16/h2,4,6,8,12,14H,3,5,7,9-10,16H2,1H3,(H,17,18)/t12-,14+/m0/s1. The van der Waals surface area contributed by atoms with Crippen LogP contribution in [0.15, 0.2) is 24.3 Å². The second-order valence-corrected chi connectivity index (χ2v) is 8.02. The highest BCUT2D eigenvalue weighted by atomic mass is 32.2.